The van der Waals surface area contributed by atoms with Crippen LogP contribution in [0.2, 0.25) is 0 Å². The van der Waals surface area contributed by atoms with E-state index >= 15 is 0 Å². The highest BCUT2D eigenvalue weighted by Gasteiger charge is 2.14. The fourth-order valence-electron chi connectivity index (χ4n) is 1.96. The molecular weight excluding hydrogens is 204 g/mol. The van der Waals surface area contributed by atoms with Crippen molar-refractivity contribution in [1.29, 1.82) is 0 Å². The monoisotopic (exact) mass is 224 g/mol. The van der Waals surface area contributed by atoms with E-state index in [0.29, 0.717) is 6.04 Å². The summed E-state index contributed by atoms with van der Waals surface area (Å²) < 4.78 is 7.39. The Balaban J connectivity index is 1.81. The lowest BCUT2D eigenvalue weighted by molar-refractivity contribution is 0.0696. The van der Waals surface area contributed by atoms with Gasteiger partial charge in [0.1, 0.15) is 12.2 Å². The number of nitrogens with zero attached hydrogens (tertiary/aromatic N) is 3. The first-order valence-corrected chi connectivity index (χ1v) is 6.08. The van der Waals surface area contributed by atoms with Crippen LogP contribution in [0.4, 0.5) is 0 Å². The van der Waals surface area contributed by atoms with Crippen molar-refractivity contribution in [2.45, 2.75) is 45.3 Å². The standard InChI is InChI=1S/C11H20N4O/c1-2-5-15-11(13-9-14-15)7-12-10-4-3-6-16-8-10/h9-10,12H,2-8H2,1H3. The average Bonchev–Trinajstić information content (AvgIpc) is 2.76. The summed E-state index contributed by atoms with van der Waals surface area (Å²) in [5.74, 6) is 1.02. The molecule has 0 bridgehead atoms. The topological polar surface area (TPSA) is 52.0 Å². The number of hydrogen-bond acceptors (Lipinski definition) is 4. The van der Waals surface area contributed by atoms with Gasteiger partial charge in [-0.05, 0) is 19.3 Å². The van der Waals surface area contributed by atoms with Crippen molar-refractivity contribution < 1.29 is 4.74 Å². The normalized spacial score (nSPS) is 21.2. The molecule has 1 fully saturated rings. The molecule has 1 aromatic heterocycles. The summed E-state index contributed by atoms with van der Waals surface area (Å²) >= 11 is 0. The van der Waals surface area contributed by atoms with Crippen molar-refractivity contribution in [2.24, 2.45) is 0 Å². The Labute approximate surface area is 96.2 Å². The molecule has 0 aliphatic carbocycles. The van der Waals surface area contributed by atoms with E-state index in [1.807, 2.05) is 4.68 Å². The largest absolute Gasteiger partial charge is 0.380 e. The van der Waals surface area contributed by atoms with Crippen molar-refractivity contribution >= 4 is 0 Å². The molecule has 1 aromatic rings. The Bertz CT molecular complexity index is 307. The molecule has 0 amide bonds. The van der Waals surface area contributed by atoms with Gasteiger partial charge in [-0.3, -0.25) is 0 Å². The van der Waals surface area contributed by atoms with Gasteiger partial charge in [-0.15, -0.1) is 0 Å². The number of hydrogen-bond donors (Lipinski definition) is 1. The third kappa shape index (κ3) is 3.02. The van der Waals surface area contributed by atoms with Gasteiger partial charge in [-0.1, -0.05) is 6.92 Å². The van der Waals surface area contributed by atoms with Crippen LogP contribution in [0, 0.1) is 0 Å². The Morgan fingerprint density at radius 3 is 3.31 bits per heavy atom. The molecule has 2 heterocycles. The zero-order chi connectivity index (χ0) is 11.2. The Morgan fingerprint density at radius 1 is 1.62 bits per heavy atom. The molecule has 1 aliphatic rings. The predicted octanol–water partition coefficient (Wildman–Crippen LogP) is 0.957. The summed E-state index contributed by atoms with van der Waals surface area (Å²) in [6.45, 7) is 5.60. The number of rotatable bonds is 5. The molecule has 0 aromatic carbocycles. The second-order valence-corrected chi connectivity index (χ2v) is 4.19. The van der Waals surface area contributed by atoms with Gasteiger partial charge in [0.15, 0.2) is 0 Å². The molecule has 0 spiro atoms. The molecule has 1 unspecified atom stereocenters. The zero-order valence-electron chi connectivity index (χ0n) is 9.85. The Kier molecular flexibility index (Phi) is 4.30. The van der Waals surface area contributed by atoms with E-state index in [-0.39, 0.29) is 0 Å². The van der Waals surface area contributed by atoms with Gasteiger partial charge in [0.2, 0.25) is 0 Å². The van der Waals surface area contributed by atoms with Crippen LogP contribution in [0.1, 0.15) is 32.0 Å². The minimum absolute atomic E-state index is 0.473. The average molecular weight is 224 g/mol. The maximum absolute atomic E-state index is 5.42. The van der Waals surface area contributed by atoms with Crippen molar-refractivity contribution in [1.82, 2.24) is 20.1 Å². The lowest BCUT2D eigenvalue weighted by atomic mass is 10.1. The molecule has 1 saturated heterocycles. The van der Waals surface area contributed by atoms with Gasteiger partial charge in [0, 0.05) is 19.2 Å². The van der Waals surface area contributed by atoms with Crippen LogP contribution in [-0.2, 0) is 17.8 Å². The lowest BCUT2D eigenvalue weighted by Gasteiger charge is -2.23. The minimum Gasteiger partial charge on any atom is -0.380 e. The molecule has 2 rings (SSSR count). The van der Waals surface area contributed by atoms with E-state index in [0.717, 1.165) is 45.0 Å². The molecule has 5 nitrogen and oxygen atoms in total. The highest BCUT2D eigenvalue weighted by molar-refractivity contribution is 4.85. The maximum atomic E-state index is 5.42. The van der Waals surface area contributed by atoms with E-state index in [1.54, 1.807) is 6.33 Å². The van der Waals surface area contributed by atoms with Crippen LogP contribution in [0.15, 0.2) is 6.33 Å². The zero-order valence-corrected chi connectivity index (χ0v) is 9.85. The van der Waals surface area contributed by atoms with E-state index in [2.05, 4.69) is 22.3 Å². The van der Waals surface area contributed by atoms with Gasteiger partial charge in [-0.25, -0.2) is 9.67 Å². The molecular formula is C11H20N4O. The van der Waals surface area contributed by atoms with E-state index in [9.17, 15) is 0 Å². The predicted molar refractivity (Wildman–Crippen MR) is 61.0 cm³/mol. The van der Waals surface area contributed by atoms with E-state index in [4.69, 9.17) is 4.74 Å². The van der Waals surface area contributed by atoms with Crippen LogP contribution < -0.4 is 5.32 Å². The highest BCUT2D eigenvalue weighted by atomic mass is 16.5. The third-order valence-corrected chi connectivity index (χ3v) is 2.84. The van der Waals surface area contributed by atoms with Crippen LogP contribution in [0.25, 0.3) is 0 Å². The van der Waals surface area contributed by atoms with Gasteiger partial charge in [0.05, 0.1) is 13.2 Å². The molecule has 1 aliphatic heterocycles. The van der Waals surface area contributed by atoms with E-state index in [1.165, 1.54) is 6.42 Å². The quantitative estimate of drug-likeness (QED) is 0.809. The van der Waals surface area contributed by atoms with Gasteiger partial charge < -0.3 is 10.1 Å². The first-order chi connectivity index (χ1) is 7.90. The molecule has 1 N–H and O–H groups in total. The number of aryl methyl sites for hydroxylation is 1. The second kappa shape index (κ2) is 5.96. The van der Waals surface area contributed by atoms with Crippen molar-refractivity contribution in [3.8, 4) is 0 Å². The van der Waals surface area contributed by atoms with Crippen LogP contribution in [0.3, 0.4) is 0 Å². The summed E-state index contributed by atoms with van der Waals surface area (Å²) in [6.07, 6.45) is 5.06. The highest BCUT2D eigenvalue weighted by Crippen LogP contribution is 2.06. The fraction of sp³-hybridized carbons (Fsp3) is 0.818. The van der Waals surface area contributed by atoms with Gasteiger partial charge >= 0.3 is 0 Å². The molecule has 1 atom stereocenters. The van der Waals surface area contributed by atoms with Crippen LogP contribution in [0.5, 0.6) is 0 Å². The summed E-state index contributed by atoms with van der Waals surface area (Å²) in [6, 6.07) is 0.473. The molecule has 0 radical (unpaired) electrons. The second-order valence-electron chi connectivity index (χ2n) is 4.19. The number of aromatic nitrogens is 3. The van der Waals surface area contributed by atoms with Gasteiger partial charge in [0.25, 0.3) is 0 Å². The molecule has 90 valence electrons. The van der Waals surface area contributed by atoms with Crippen molar-refractivity contribution in [3.63, 3.8) is 0 Å². The molecule has 0 saturated carbocycles. The first kappa shape index (κ1) is 11.5. The van der Waals surface area contributed by atoms with Crippen molar-refractivity contribution in [2.75, 3.05) is 13.2 Å². The summed E-state index contributed by atoms with van der Waals surface area (Å²) in [5, 5.41) is 7.68. The fourth-order valence-corrected chi connectivity index (χ4v) is 1.96. The first-order valence-electron chi connectivity index (χ1n) is 6.08. The summed E-state index contributed by atoms with van der Waals surface area (Å²) in [5.41, 5.74) is 0. The Hall–Kier alpha value is -0.940. The third-order valence-electron chi connectivity index (χ3n) is 2.84. The number of nitrogens with one attached hydrogen (secondary N) is 1. The van der Waals surface area contributed by atoms with Gasteiger partial charge in [-0.2, -0.15) is 5.10 Å². The molecule has 16 heavy (non-hydrogen) atoms. The van der Waals surface area contributed by atoms with Crippen LogP contribution >= 0.6 is 0 Å². The van der Waals surface area contributed by atoms with E-state index < -0.39 is 0 Å². The van der Waals surface area contributed by atoms with Crippen LogP contribution in [-0.4, -0.2) is 34.0 Å². The number of ether oxygens (including phenoxy) is 1. The Morgan fingerprint density at radius 2 is 2.56 bits per heavy atom. The summed E-state index contributed by atoms with van der Waals surface area (Å²) in [4.78, 5) is 4.27. The maximum Gasteiger partial charge on any atom is 0.140 e. The smallest absolute Gasteiger partial charge is 0.140 e. The molecule has 5 heteroatoms. The SMILES string of the molecule is CCCn1ncnc1CNC1CCCOC1. The van der Waals surface area contributed by atoms with Crippen molar-refractivity contribution in [3.05, 3.63) is 12.2 Å². The summed E-state index contributed by atoms with van der Waals surface area (Å²) in [7, 11) is 0. The lowest BCUT2D eigenvalue weighted by Crippen LogP contribution is -2.37. The minimum atomic E-state index is 0.473.